The molecule has 0 spiro atoms. The first-order valence-corrected chi connectivity index (χ1v) is 10.1. The molecule has 2 fully saturated rings. The Hall–Kier alpha value is -3.13. The molecule has 2 unspecified atom stereocenters. The molecule has 2 N–H and O–H groups in total. The van der Waals surface area contributed by atoms with Crippen molar-refractivity contribution in [2.45, 2.75) is 24.9 Å². The number of fused-ring (bicyclic) bond motifs is 3. The van der Waals surface area contributed by atoms with Crippen LogP contribution in [0.1, 0.15) is 23.2 Å². The number of benzene rings is 1. The number of imidazole rings is 1. The van der Waals surface area contributed by atoms with E-state index >= 15 is 0 Å². The zero-order valence-electron chi connectivity index (χ0n) is 17.3. The first-order chi connectivity index (χ1) is 14.5. The van der Waals surface area contributed by atoms with Crippen LogP contribution in [0.2, 0.25) is 0 Å². The van der Waals surface area contributed by atoms with E-state index < -0.39 is 0 Å². The lowest BCUT2D eigenvalue weighted by molar-refractivity contribution is 0.0700. The minimum absolute atomic E-state index is 0.00967. The molecule has 1 saturated heterocycles. The third-order valence-electron chi connectivity index (χ3n) is 6.48. The van der Waals surface area contributed by atoms with E-state index in [1.807, 2.05) is 34.7 Å². The van der Waals surface area contributed by atoms with Gasteiger partial charge in [-0.15, -0.1) is 0 Å². The van der Waals surface area contributed by atoms with Gasteiger partial charge in [0.15, 0.2) is 5.82 Å². The van der Waals surface area contributed by atoms with Gasteiger partial charge < -0.3 is 24.7 Å². The maximum Gasteiger partial charge on any atom is 0.254 e. The average molecular weight is 407 g/mol. The highest BCUT2D eigenvalue weighted by molar-refractivity contribution is 6.00. The van der Waals surface area contributed by atoms with E-state index in [1.54, 1.807) is 26.4 Å². The molecule has 2 aromatic heterocycles. The molecular weight excluding hydrogens is 382 g/mol. The molecule has 3 atom stereocenters. The number of pyridine rings is 1. The lowest BCUT2D eigenvalue weighted by Gasteiger charge is -2.27. The number of nitrogens with zero attached hydrogens (tertiary/aromatic N) is 4. The molecule has 1 amide bonds. The van der Waals surface area contributed by atoms with Crippen LogP contribution in [0.4, 0.5) is 0 Å². The molecule has 8 nitrogen and oxygen atoms in total. The van der Waals surface area contributed by atoms with Crippen LogP contribution in [0.15, 0.2) is 30.3 Å². The van der Waals surface area contributed by atoms with Crippen LogP contribution in [-0.2, 0) is 7.05 Å². The molecule has 0 radical (unpaired) electrons. The van der Waals surface area contributed by atoms with Gasteiger partial charge in [-0.3, -0.25) is 4.79 Å². The number of nitrogens with two attached hydrogens (primary N) is 1. The zero-order chi connectivity index (χ0) is 21.0. The second-order valence-corrected chi connectivity index (χ2v) is 8.05. The van der Waals surface area contributed by atoms with Crippen LogP contribution < -0.4 is 15.2 Å². The van der Waals surface area contributed by atoms with E-state index in [-0.39, 0.29) is 18.0 Å². The summed E-state index contributed by atoms with van der Waals surface area (Å²) < 4.78 is 12.8. The topological polar surface area (TPSA) is 95.5 Å². The summed E-state index contributed by atoms with van der Waals surface area (Å²) in [6.45, 7) is 0.728. The molecule has 156 valence electrons. The Balaban J connectivity index is 1.58. The van der Waals surface area contributed by atoms with E-state index in [0.717, 1.165) is 24.9 Å². The molecule has 1 aliphatic heterocycles. The fraction of sp³-hybridized carbons (Fsp3) is 0.409. The zero-order valence-corrected chi connectivity index (χ0v) is 17.3. The fourth-order valence-corrected chi connectivity index (χ4v) is 4.92. The number of aryl methyl sites for hydroxylation is 1. The van der Waals surface area contributed by atoms with Gasteiger partial charge in [0.2, 0.25) is 5.88 Å². The van der Waals surface area contributed by atoms with Crippen molar-refractivity contribution in [1.82, 2.24) is 19.4 Å². The summed E-state index contributed by atoms with van der Waals surface area (Å²) in [5.41, 5.74) is 9.06. The Labute approximate surface area is 174 Å². The van der Waals surface area contributed by atoms with E-state index in [9.17, 15) is 4.79 Å². The molecule has 2 bridgehead atoms. The van der Waals surface area contributed by atoms with Crippen molar-refractivity contribution in [3.63, 3.8) is 0 Å². The second-order valence-electron chi connectivity index (χ2n) is 8.05. The largest absolute Gasteiger partial charge is 0.494 e. The van der Waals surface area contributed by atoms with Gasteiger partial charge in [0.25, 0.3) is 5.91 Å². The van der Waals surface area contributed by atoms with Crippen molar-refractivity contribution < 1.29 is 14.3 Å². The van der Waals surface area contributed by atoms with E-state index in [4.69, 9.17) is 20.2 Å². The summed E-state index contributed by atoms with van der Waals surface area (Å²) in [7, 11) is 5.10. The summed E-state index contributed by atoms with van der Waals surface area (Å²) in [6.07, 6.45) is 2.08. The molecule has 2 aliphatic rings. The van der Waals surface area contributed by atoms with Crippen LogP contribution >= 0.6 is 0 Å². The standard InChI is InChI=1S/C22H25N5O3/c1-26-20-15(25-21(26)14-5-4-6-18(24-14)30-3)9-13(10-17(20)29-2)22(28)27-11-12-7-8-16(27)19(12)23/h4-6,9-10,12,16,19H,7-8,11,23H2,1-3H3/t12-,16?,19?/m1/s1. The minimum Gasteiger partial charge on any atom is -0.494 e. The summed E-state index contributed by atoms with van der Waals surface area (Å²) in [6, 6.07) is 9.39. The fourth-order valence-electron chi connectivity index (χ4n) is 4.92. The summed E-state index contributed by atoms with van der Waals surface area (Å²) >= 11 is 0. The maximum atomic E-state index is 13.3. The third kappa shape index (κ3) is 2.74. The Bertz CT molecular complexity index is 1140. The van der Waals surface area contributed by atoms with Gasteiger partial charge in [-0.25, -0.2) is 9.97 Å². The smallest absolute Gasteiger partial charge is 0.254 e. The summed E-state index contributed by atoms with van der Waals surface area (Å²) in [5, 5.41) is 0. The minimum atomic E-state index is -0.00967. The molecule has 1 saturated carbocycles. The Kier molecular flexibility index (Phi) is 4.39. The number of hydrogen-bond acceptors (Lipinski definition) is 6. The highest BCUT2D eigenvalue weighted by Gasteiger charge is 2.46. The van der Waals surface area contributed by atoms with Crippen LogP contribution in [0.3, 0.4) is 0 Å². The molecule has 5 rings (SSSR count). The van der Waals surface area contributed by atoms with Gasteiger partial charge in [0.05, 0.1) is 19.7 Å². The number of carbonyl (C=O) groups is 1. The molecule has 3 aromatic rings. The number of piperidine rings is 1. The van der Waals surface area contributed by atoms with Gasteiger partial charge in [-0.1, -0.05) is 6.07 Å². The van der Waals surface area contributed by atoms with Crippen LogP contribution in [0, 0.1) is 5.92 Å². The number of ether oxygens (including phenoxy) is 2. The summed E-state index contributed by atoms with van der Waals surface area (Å²) in [4.78, 5) is 24.5. The van der Waals surface area contributed by atoms with Crippen molar-refractivity contribution in [2.75, 3.05) is 20.8 Å². The second kappa shape index (κ2) is 6.98. The van der Waals surface area contributed by atoms with Gasteiger partial charge in [0, 0.05) is 37.3 Å². The first-order valence-electron chi connectivity index (χ1n) is 10.1. The van der Waals surface area contributed by atoms with Crippen molar-refractivity contribution >= 4 is 16.9 Å². The molecule has 1 aliphatic carbocycles. The molecule has 8 heteroatoms. The predicted octanol–water partition coefficient (Wildman–Crippen LogP) is 2.21. The van der Waals surface area contributed by atoms with Crippen LogP contribution in [0.25, 0.3) is 22.6 Å². The molecule has 1 aromatic carbocycles. The normalized spacial score (nSPS) is 22.7. The Morgan fingerprint density at radius 1 is 1.17 bits per heavy atom. The van der Waals surface area contributed by atoms with Crippen molar-refractivity contribution in [3.05, 3.63) is 35.9 Å². The number of amides is 1. The van der Waals surface area contributed by atoms with Crippen molar-refractivity contribution in [1.29, 1.82) is 0 Å². The predicted molar refractivity (Wildman–Crippen MR) is 113 cm³/mol. The number of rotatable bonds is 4. The van der Waals surface area contributed by atoms with Gasteiger partial charge in [-0.2, -0.15) is 0 Å². The highest BCUT2D eigenvalue weighted by Crippen LogP contribution is 2.38. The van der Waals surface area contributed by atoms with Gasteiger partial charge >= 0.3 is 0 Å². The van der Waals surface area contributed by atoms with E-state index in [0.29, 0.717) is 40.1 Å². The Morgan fingerprint density at radius 2 is 2.00 bits per heavy atom. The SMILES string of the molecule is COc1cccc(-c2nc3cc(C(=O)N4C[C@H]5CCC4C5N)cc(OC)c3n2C)n1. The van der Waals surface area contributed by atoms with Crippen LogP contribution in [-0.4, -0.2) is 58.2 Å². The van der Waals surface area contributed by atoms with Crippen molar-refractivity contribution in [2.24, 2.45) is 18.7 Å². The average Bonchev–Trinajstić information content (AvgIpc) is 3.42. The maximum absolute atomic E-state index is 13.3. The third-order valence-corrected chi connectivity index (χ3v) is 6.48. The summed E-state index contributed by atoms with van der Waals surface area (Å²) in [5.74, 6) is 2.19. The van der Waals surface area contributed by atoms with Crippen LogP contribution in [0.5, 0.6) is 11.6 Å². The molecule has 3 heterocycles. The number of aromatic nitrogens is 3. The van der Waals surface area contributed by atoms with E-state index in [1.165, 1.54) is 0 Å². The monoisotopic (exact) mass is 407 g/mol. The van der Waals surface area contributed by atoms with E-state index in [2.05, 4.69) is 4.98 Å². The lowest BCUT2D eigenvalue weighted by Crippen LogP contribution is -2.41. The highest BCUT2D eigenvalue weighted by atomic mass is 16.5. The number of hydrogen-bond donors (Lipinski definition) is 1. The van der Waals surface area contributed by atoms with Crippen molar-refractivity contribution in [3.8, 4) is 23.1 Å². The quantitative estimate of drug-likeness (QED) is 0.713. The number of likely N-dealkylation sites (tertiary alicyclic amines) is 1. The first kappa shape index (κ1) is 18.9. The lowest BCUT2D eigenvalue weighted by atomic mass is 10.1. The van der Waals surface area contributed by atoms with Gasteiger partial charge in [0.1, 0.15) is 17.0 Å². The molecule has 30 heavy (non-hydrogen) atoms. The number of methoxy groups -OCH3 is 2. The van der Waals surface area contributed by atoms with Gasteiger partial charge in [-0.05, 0) is 37.0 Å². The molecular formula is C22H25N5O3. The number of carbonyl (C=O) groups excluding carboxylic acids is 1. The Morgan fingerprint density at radius 3 is 2.67 bits per heavy atom.